The molecule has 0 aromatic heterocycles. The van der Waals surface area contributed by atoms with Gasteiger partial charge in [0, 0.05) is 11.3 Å². The highest BCUT2D eigenvalue weighted by molar-refractivity contribution is 7.97. The van der Waals surface area contributed by atoms with Crippen LogP contribution in [-0.4, -0.2) is 29.3 Å². The lowest BCUT2D eigenvalue weighted by Crippen LogP contribution is -2.44. The number of carbonyl (C=O) groups excluding carboxylic acids is 1. The normalized spacial score (nSPS) is 12.2. The third-order valence-electron chi connectivity index (χ3n) is 2.75. The number of thioether (sulfide) groups is 1. The molecule has 0 aliphatic carbocycles. The van der Waals surface area contributed by atoms with Gasteiger partial charge in [-0.3, -0.25) is 4.79 Å². The van der Waals surface area contributed by atoms with E-state index in [4.69, 9.17) is 5.11 Å². The second-order valence-corrected chi connectivity index (χ2v) is 5.53. The van der Waals surface area contributed by atoms with E-state index >= 15 is 0 Å². The highest BCUT2D eigenvalue weighted by atomic mass is 32.2. The summed E-state index contributed by atoms with van der Waals surface area (Å²) in [5.74, 6) is -0.623. The highest BCUT2D eigenvalue weighted by Crippen LogP contribution is 2.11. The minimum Gasteiger partial charge on any atom is -0.480 e. The van der Waals surface area contributed by atoms with Crippen LogP contribution in [0, 0.1) is 5.92 Å². The summed E-state index contributed by atoms with van der Waals surface area (Å²) >= 11 is 1.71. The predicted molar refractivity (Wildman–Crippen MR) is 77.4 cm³/mol. The minimum atomic E-state index is -1.01. The fourth-order valence-corrected chi connectivity index (χ4v) is 2.18. The topological polar surface area (TPSA) is 66.4 Å². The lowest BCUT2D eigenvalue weighted by molar-refractivity contribution is -0.140. The molecule has 2 N–H and O–H groups in total. The van der Waals surface area contributed by atoms with Crippen molar-refractivity contribution in [1.82, 2.24) is 5.32 Å². The Morgan fingerprint density at radius 1 is 1.26 bits per heavy atom. The Morgan fingerprint density at radius 2 is 1.84 bits per heavy atom. The van der Waals surface area contributed by atoms with Gasteiger partial charge < -0.3 is 10.4 Å². The summed E-state index contributed by atoms with van der Waals surface area (Å²) < 4.78 is 0. The van der Waals surface area contributed by atoms with E-state index in [1.165, 1.54) is 0 Å². The molecule has 1 rings (SSSR count). The van der Waals surface area contributed by atoms with Crippen molar-refractivity contribution in [3.05, 3.63) is 35.4 Å². The summed E-state index contributed by atoms with van der Waals surface area (Å²) in [6.45, 7) is 3.53. The van der Waals surface area contributed by atoms with E-state index in [1.807, 2.05) is 18.4 Å². The van der Waals surface area contributed by atoms with Gasteiger partial charge in [-0.1, -0.05) is 26.0 Å². The molecule has 0 heterocycles. The van der Waals surface area contributed by atoms with Gasteiger partial charge in [-0.25, -0.2) is 4.79 Å². The first kappa shape index (κ1) is 15.6. The molecule has 5 heteroatoms. The summed E-state index contributed by atoms with van der Waals surface area (Å²) in [6.07, 6.45) is 2.01. The van der Waals surface area contributed by atoms with E-state index in [1.54, 1.807) is 37.7 Å². The average molecular weight is 281 g/mol. The SMILES string of the molecule is CSCc1ccc(C(=O)NC(C(=O)O)C(C)C)cc1. The van der Waals surface area contributed by atoms with Gasteiger partial charge in [0.25, 0.3) is 5.91 Å². The van der Waals surface area contributed by atoms with Crippen molar-refractivity contribution in [2.24, 2.45) is 5.92 Å². The van der Waals surface area contributed by atoms with Crippen molar-refractivity contribution in [1.29, 1.82) is 0 Å². The van der Waals surface area contributed by atoms with Crippen molar-refractivity contribution in [3.8, 4) is 0 Å². The molecular weight excluding hydrogens is 262 g/mol. The summed E-state index contributed by atoms with van der Waals surface area (Å²) in [6, 6.07) is 6.35. The van der Waals surface area contributed by atoms with Crippen molar-refractivity contribution in [2.75, 3.05) is 6.26 Å². The monoisotopic (exact) mass is 281 g/mol. The standard InChI is InChI=1S/C14H19NO3S/c1-9(2)12(14(17)18)15-13(16)11-6-4-10(5-7-11)8-19-3/h4-7,9,12H,8H2,1-3H3,(H,15,16)(H,17,18). The number of hydrogen-bond acceptors (Lipinski definition) is 3. The zero-order valence-electron chi connectivity index (χ0n) is 11.3. The summed E-state index contributed by atoms with van der Waals surface area (Å²) in [4.78, 5) is 23.0. The summed E-state index contributed by atoms with van der Waals surface area (Å²) in [7, 11) is 0. The fourth-order valence-electron chi connectivity index (χ4n) is 1.66. The lowest BCUT2D eigenvalue weighted by Gasteiger charge is -2.17. The zero-order chi connectivity index (χ0) is 14.4. The molecule has 0 fully saturated rings. The Labute approximate surface area is 117 Å². The predicted octanol–water partition coefficient (Wildman–Crippen LogP) is 2.39. The number of benzene rings is 1. The smallest absolute Gasteiger partial charge is 0.326 e. The largest absolute Gasteiger partial charge is 0.480 e. The summed E-state index contributed by atoms with van der Waals surface area (Å²) in [5, 5.41) is 11.6. The molecule has 0 spiro atoms. The van der Waals surface area contributed by atoms with E-state index in [0.29, 0.717) is 5.56 Å². The molecule has 1 unspecified atom stereocenters. The molecule has 19 heavy (non-hydrogen) atoms. The van der Waals surface area contributed by atoms with Gasteiger partial charge in [-0.15, -0.1) is 0 Å². The number of rotatable bonds is 6. The number of carboxylic acid groups (broad SMARTS) is 1. The van der Waals surface area contributed by atoms with E-state index in [-0.39, 0.29) is 11.8 Å². The van der Waals surface area contributed by atoms with Gasteiger partial charge in [0.1, 0.15) is 6.04 Å². The molecule has 1 aromatic carbocycles. The molecule has 1 amide bonds. The van der Waals surface area contributed by atoms with Crippen LogP contribution in [-0.2, 0) is 10.5 Å². The number of amides is 1. The van der Waals surface area contributed by atoms with Crippen molar-refractivity contribution in [2.45, 2.75) is 25.6 Å². The Bertz CT molecular complexity index is 443. The van der Waals surface area contributed by atoms with E-state index in [0.717, 1.165) is 11.3 Å². The number of aliphatic carboxylic acids is 1. The maximum Gasteiger partial charge on any atom is 0.326 e. The molecule has 4 nitrogen and oxygen atoms in total. The van der Waals surface area contributed by atoms with Crippen LogP contribution in [0.5, 0.6) is 0 Å². The van der Waals surface area contributed by atoms with Gasteiger partial charge >= 0.3 is 5.97 Å². The Morgan fingerprint density at radius 3 is 2.26 bits per heavy atom. The Kier molecular flexibility index (Phi) is 5.89. The number of nitrogens with one attached hydrogen (secondary N) is 1. The van der Waals surface area contributed by atoms with Gasteiger partial charge in [0.15, 0.2) is 0 Å². The maximum atomic E-state index is 12.0. The average Bonchev–Trinajstić information content (AvgIpc) is 2.36. The van der Waals surface area contributed by atoms with Crippen LogP contribution in [0.1, 0.15) is 29.8 Å². The molecule has 1 atom stereocenters. The van der Waals surface area contributed by atoms with Crippen LogP contribution in [0.15, 0.2) is 24.3 Å². The molecule has 0 radical (unpaired) electrons. The van der Waals surface area contributed by atoms with Crippen molar-refractivity contribution >= 4 is 23.6 Å². The first-order valence-electron chi connectivity index (χ1n) is 6.07. The van der Waals surface area contributed by atoms with Crippen LogP contribution >= 0.6 is 11.8 Å². The highest BCUT2D eigenvalue weighted by Gasteiger charge is 2.23. The fraction of sp³-hybridized carbons (Fsp3) is 0.429. The quantitative estimate of drug-likeness (QED) is 0.840. The van der Waals surface area contributed by atoms with Gasteiger partial charge in [0.05, 0.1) is 0 Å². The number of carbonyl (C=O) groups is 2. The molecular formula is C14H19NO3S. The first-order valence-corrected chi connectivity index (χ1v) is 7.46. The first-order chi connectivity index (χ1) is 8.95. The van der Waals surface area contributed by atoms with E-state index in [2.05, 4.69) is 5.32 Å². The van der Waals surface area contributed by atoms with Gasteiger partial charge in [-0.05, 0) is 29.9 Å². The molecule has 0 aliphatic rings. The number of carboxylic acids is 1. The maximum absolute atomic E-state index is 12.0. The minimum absolute atomic E-state index is 0.155. The van der Waals surface area contributed by atoms with Gasteiger partial charge in [-0.2, -0.15) is 11.8 Å². The molecule has 0 aliphatic heterocycles. The summed E-state index contributed by atoms with van der Waals surface area (Å²) in [5.41, 5.74) is 1.62. The number of hydrogen-bond donors (Lipinski definition) is 2. The van der Waals surface area contributed by atoms with Gasteiger partial charge in [0.2, 0.25) is 0 Å². The van der Waals surface area contributed by atoms with E-state index < -0.39 is 12.0 Å². The zero-order valence-corrected chi connectivity index (χ0v) is 12.2. The Hall–Kier alpha value is -1.49. The van der Waals surface area contributed by atoms with E-state index in [9.17, 15) is 9.59 Å². The van der Waals surface area contributed by atoms with Crippen molar-refractivity contribution in [3.63, 3.8) is 0 Å². The molecule has 0 bridgehead atoms. The Balaban J connectivity index is 2.74. The van der Waals surface area contributed by atoms with Crippen molar-refractivity contribution < 1.29 is 14.7 Å². The second kappa shape index (κ2) is 7.19. The third kappa shape index (κ3) is 4.59. The molecule has 1 aromatic rings. The van der Waals surface area contributed by atoms with Crippen LogP contribution in [0.4, 0.5) is 0 Å². The van der Waals surface area contributed by atoms with Crippen LogP contribution in [0.2, 0.25) is 0 Å². The molecule has 104 valence electrons. The molecule has 0 saturated carbocycles. The van der Waals surface area contributed by atoms with Crippen LogP contribution in [0.3, 0.4) is 0 Å². The van der Waals surface area contributed by atoms with Crippen LogP contribution in [0.25, 0.3) is 0 Å². The third-order valence-corrected chi connectivity index (χ3v) is 3.37. The second-order valence-electron chi connectivity index (χ2n) is 4.66. The van der Waals surface area contributed by atoms with Crippen LogP contribution < -0.4 is 5.32 Å². The lowest BCUT2D eigenvalue weighted by atomic mass is 10.0. The molecule has 0 saturated heterocycles.